The van der Waals surface area contributed by atoms with Crippen molar-refractivity contribution in [1.82, 2.24) is 25.0 Å². The van der Waals surface area contributed by atoms with Crippen LogP contribution in [0, 0.1) is 0 Å². The first-order valence-corrected chi connectivity index (χ1v) is 11.0. The van der Waals surface area contributed by atoms with Gasteiger partial charge in [0.15, 0.2) is 6.61 Å². The molecule has 1 aliphatic rings. The van der Waals surface area contributed by atoms with Crippen LogP contribution in [0.2, 0.25) is 0 Å². The molecule has 1 saturated heterocycles. The molecule has 10 heteroatoms. The molecule has 1 aliphatic heterocycles. The van der Waals surface area contributed by atoms with E-state index in [4.69, 9.17) is 4.74 Å². The standard InChI is InChI=1S/C24H26F3N5O2/c1-31-9-3-4-19(14-31)29-23(33)17-10-21(30-22(11-17)18-12-28-32(2)13-18)16-5-7-20(8-6-16)34-15-24(25,26)27/h5-8,10-13,19H,3-4,9,14-15H2,1-2H3,(H,29,33)/t19-/m1/s1. The van der Waals surface area contributed by atoms with Crippen molar-refractivity contribution < 1.29 is 22.7 Å². The summed E-state index contributed by atoms with van der Waals surface area (Å²) in [6.07, 6.45) is 0.999. The van der Waals surface area contributed by atoms with Crippen molar-refractivity contribution in [3.8, 4) is 28.3 Å². The van der Waals surface area contributed by atoms with Crippen LogP contribution >= 0.6 is 0 Å². The highest BCUT2D eigenvalue weighted by molar-refractivity contribution is 5.96. The van der Waals surface area contributed by atoms with E-state index in [9.17, 15) is 18.0 Å². The van der Waals surface area contributed by atoms with Gasteiger partial charge in [0, 0.05) is 42.5 Å². The average Bonchev–Trinajstić information content (AvgIpc) is 3.24. The number of amides is 1. The van der Waals surface area contributed by atoms with E-state index in [1.54, 1.807) is 48.4 Å². The number of nitrogens with one attached hydrogen (secondary N) is 1. The van der Waals surface area contributed by atoms with Crippen LogP contribution in [0.4, 0.5) is 13.2 Å². The lowest BCUT2D eigenvalue weighted by atomic mass is 10.0. The zero-order valence-electron chi connectivity index (χ0n) is 19.0. The first-order chi connectivity index (χ1) is 16.2. The summed E-state index contributed by atoms with van der Waals surface area (Å²) in [6.45, 7) is 0.444. The van der Waals surface area contributed by atoms with Crippen molar-refractivity contribution in [3.05, 3.63) is 54.4 Å². The molecule has 0 saturated carbocycles. The molecule has 1 amide bonds. The van der Waals surface area contributed by atoms with Gasteiger partial charge in [0.2, 0.25) is 0 Å². The smallest absolute Gasteiger partial charge is 0.422 e. The first kappa shape index (κ1) is 23.7. The molecule has 4 rings (SSSR count). The zero-order chi connectivity index (χ0) is 24.3. The van der Waals surface area contributed by atoms with Crippen molar-refractivity contribution in [2.75, 3.05) is 26.7 Å². The van der Waals surface area contributed by atoms with Crippen LogP contribution in [-0.4, -0.2) is 64.5 Å². The van der Waals surface area contributed by atoms with E-state index in [-0.39, 0.29) is 17.7 Å². The monoisotopic (exact) mass is 473 g/mol. The van der Waals surface area contributed by atoms with Gasteiger partial charge in [-0.05, 0) is 62.8 Å². The number of likely N-dealkylation sites (tertiary alicyclic amines) is 1. The fourth-order valence-electron chi connectivity index (χ4n) is 3.95. The number of carbonyl (C=O) groups is 1. The summed E-state index contributed by atoms with van der Waals surface area (Å²) in [6, 6.07) is 9.64. The fraction of sp³-hybridized carbons (Fsp3) is 0.375. The van der Waals surface area contributed by atoms with E-state index in [1.807, 2.05) is 7.05 Å². The fourth-order valence-corrected chi connectivity index (χ4v) is 3.95. The van der Waals surface area contributed by atoms with E-state index < -0.39 is 12.8 Å². The largest absolute Gasteiger partial charge is 0.484 e. The van der Waals surface area contributed by atoms with Gasteiger partial charge >= 0.3 is 6.18 Å². The van der Waals surface area contributed by atoms with Gasteiger partial charge in [-0.15, -0.1) is 0 Å². The molecule has 0 unspecified atom stereocenters. The van der Waals surface area contributed by atoms with Crippen LogP contribution in [-0.2, 0) is 7.05 Å². The van der Waals surface area contributed by atoms with Crippen LogP contribution in [0.5, 0.6) is 5.75 Å². The van der Waals surface area contributed by atoms with Crippen LogP contribution < -0.4 is 10.1 Å². The van der Waals surface area contributed by atoms with E-state index in [0.29, 0.717) is 22.5 Å². The Morgan fingerprint density at radius 1 is 1.15 bits per heavy atom. The Bertz CT molecular complexity index is 1140. The normalized spacial score (nSPS) is 16.9. The average molecular weight is 473 g/mol. The SMILES string of the molecule is CN1CCC[C@@H](NC(=O)c2cc(-c3ccc(OCC(F)(F)F)cc3)nc(-c3cnn(C)c3)c2)C1. The number of hydrogen-bond donors (Lipinski definition) is 1. The highest BCUT2D eigenvalue weighted by atomic mass is 19.4. The lowest BCUT2D eigenvalue weighted by Crippen LogP contribution is -2.46. The summed E-state index contributed by atoms with van der Waals surface area (Å²) in [4.78, 5) is 20.0. The third-order valence-corrected chi connectivity index (χ3v) is 5.60. The lowest BCUT2D eigenvalue weighted by Gasteiger charge is -2.30. The number of aryl methyl sites for hydroxylation is 1. The second kappa shape index (κ2) is 9.84. The van der Waals surface area contributed by atoms with Gasteiger partial charge in [0.05, 0.1) is 17.6 Å². The number of nitrogens with zero attached hydrogens (tertiary/aromatic N) is 4. The van der Waals surface area contributed by atoms with Gasteiger partial charge in [-0.1, -0.05) is 0 Å². The number of aromatic nitrogens is 3. The number of carbonyl (C=O) groups excluding carboxylic acids is 1. The maximum absolute atomic E-state index is 13.1. The predicted molar refractivity (Wildman–Crippen MR) is 121 cm³/mol. The van der Waals surface area contributed by atoms with Gasteiger partial charge in [-0.2, -0.15) is 18.3 Å². The van der Waals surface area contributed by atoms with Crippen LogP contribution in [0.15, 0.2) is 48.8 Å². The minimum absolute atomic E-state index is 0.0646. The maximum atomic E-state index is 13.1. The summed E-state index contributed by atoms with van der Waals surface area (Å²) in [5, 5.41) is 7.30. The van der Waals surface area contributed by atoms with Crippen molar-refractivity contribution in [3.63, 3.8) is 0 Å². The first-order valence-electron chi connectivity index (χ1n) is 11.0. The third kappa shape index (κ3) is 6.13. The lowest BCUT2D eigenvalue weighted by molar-refractivity contribution is -0.153. The highest BCUT2D eigenvalue weighted by Crippen LogP contribution is 2.27. The summed E-state index contributed by atoms with van der Waals surface area (Å²) in [5.41, 5.74) is 2.95. The highest BCUT2D eigenvalue weighted by Gasteiger charge is 2.28. The Morgan fingerprint density at radius 2 is 1.85 bits per heavy atom. The number of alkyl halides is 3. The minimum atomic E-state index is -4.41. The van der Waals surface area contributed by atoms with Crippen molar-refractivity contribution in [1.29, 1.82) is 0 Å². The molecule has 0 bridgehead atoms. The second-order valence-corrected chi connectivity index (χ2v) is 8.53. The molecule has 3 heterocycles. The predicted octanol–water partition coefficient (Wildman–Crippen LogP) is 3.91. The van der Waals surface area contributed by atoms with Gasteiger partial charge < -0.3 is 15.0 Å². The Morgan fingerprint density at radius 3 is 2.47 bits per heavy atom. The summed E-state index contributed by atoms with van der Waals surface area (Å²) in [5.74, 6) is -0.0944. The molecule has 7 nitrogen and oxygen atoms in total. The Labute approximate surface area is 195 Å². The molecule has 0 aliphatic carbocycles. The summed E-state index contributed by atoms with van der Waals surface area (Å²) >= 11 is 0. The quantitative estimate of drug-likeness (QED) is 0.588. The number of benzene rings is 1. The molecule has 1 N–H and O–H groups in total. The van der Waals surface area contributed by atoms with Crippen molar-refractivity contribution in [2.45, 2.75) is 25.1 Å². The van der Waals surface area contributed by atoms with Crippen molar-refractivity contribution in [2.24, 2.45) is 7.05 Å². The van der Waals surface area contributed by atoms with Gasteiger partial charge in [0.25, 0.3) is 5.91 Å². The van der Waals surface area contributed by atoms with Crippen LogP contribution in [0.3, 0.4) is 0 Å². The Hall–Kier alpha value is -3.40. The van der Waals surface area contributed by atoms with Gasteiger partial charge in [0.1, 0.15) is 5.75 Å². The molecular formula is C24H26F3N5O2. The van der Waals surface area contributed by atoms with Crippen LogP contribution in [0.1, 0.15) is 23.2 Å². The number of rotatable bonds is 6. The molecule has 0 spiro atoms. The topological polar surface area (TPSA) is 72.3 Å². The number of likely N-dealkylation sites (N-methyl/N-ethyl adjacent to an activating group) is 1. The molecule has 1 fully saturated rings. The van der Waals surface area contributed by atoms with Gasteiger partial charge in [-0.3, -0.25) is 9.48 Å². The Kier molecular flexibility index (Phi) is 6.87. The van der Waals surface area contributed by atoms with Gasteiger partial charge in [-0.25, -0.2) is 4.98 Å². The molecule has 3 aromatic rings. The number of ether oxygens (including phenoxy) is 1. The molecule has 0 radical (unpaired) electrons. The molecule has 1 atom stereocenters. The summed E-state index contributed by atoms with van der Waals surface area (Å²) in [7, 11) is 3.83. The second-order valence-electron chi connectivity index (χ2n) is 8.53. The number of pyridine rings is 1. The molecule has 1 aromatic carbocycles. The number of halogens is 3. The van der Waals surface area contributed by atoms with Crippen LogP contribution in [0.25, 0.3) is 22.5 Å². The van der Waals surface area contributed by atoms with E-state index in [1.165, 1.54) is 12.1 Å². The van der Waals surface area contributed by atoms with E-state index in [0.717, 1.165) is 31.5 Å². The third-order valence-electron chi connectivity index (χ3n) is 5.60. The number of hydrogen-bond acceptors (Lipinski definition) is 5. The zero-order valence-corrected chi connectivity index (χ0v) is 19.0. The summed E-state index contributed by atoms with van der Waals surface area (Å²) < 4.78 is 43.7. The minimum Gasteiger partial charge on any atom is -0.484 e. The number of piperidine rings is 1. The molecule has 2 aromatic heterocycles. The maximum Gasteiger partial charge on any atom is 0.422 e. The Balaban J connectivity index is 1.62. The molecular weight excluding hydrogens is 447 g/mol. The van der Waals surface area contributed by atoms with E-state index in [2.05, 4.69) is 20.3 Å². The molecule has 180 valence electrons. The molecule has 34 heavy (non-hydrogen) atoms. The van der Waals surface area contributed by atoms with E-state index >= 15 is 0 Å². The van der Waals surface area contributed by atoms with Crippen molar-refractivity contribution >= 4 is 5.91 Å².